The van der Waals surface area contributed by atoms with E-state index in [0.29, 0.717) is 11.4 Å². The zero-order valence-electron chi connectivity index (χ0n) is 17.4. The average Bonchev–Trinajstić information content (AvgIpc) is 2.79. The lowest BCUT2D eigenvalue weighted by molar-refractivity contribution is 0.255. The maximum absolute atomic E-state index is 13.3. The summed E-state index contributed by atoms with van der Waals surface area (Å²) in [5, 5.41) is 0. The number of pyridine rings is 1. The van der Waals surface area contributed by atoms with E-state index in [4.69, 9.17) is 0 Å². The first-order chi connectivity index (χ1) is 14.5. The number of nitrogens with zero attached hydrogens (tertiary/aromatic N) is 3. The van der Waals surface area contributed by atoms with Gasteiger partial charge in [0.05, 0.1) is 10.9 Å². The van der Waals surface area contributed by atoms with Gasteiger partial charge in [-0.15, -0.1) is 0 Å². The average molecular weight is 422 g/mol. The molecule has 0 bridgehead atoms. The minimum atomic E-state index is -3.55. The van der Waals surface area contributed by atoms with Crippen molar-refractivity contribution in [3.8, 4) is 0 Å². The van der Waals surface area contributed by atoms with Gasteiger partial charge in [-0.1, -0.05) is 48.4 Å². The molecule has 0 aliphatic carbocycles. The van der Waals surface area contributed by atoms with Crippen molar-refractivity contribution in [3.63, 3.8) is 0 Å². The van der Waals surface area contributed by atoms with Crippen LogP contribution >= 0.6 is 0 Å². The first-order valence-corrected chi connectivity index (χ1v) is 11.7. The van der Waals surface area contributed by atoms with Crippen molar-refractivity contribution < 1.29 is 8.42 Å². The van der Waals surface area contributed by atoms with Gasteiger partial charge < -0.3 is 4.90 Å². The Morgan fingerprint density at radius 3 is 2.37 bits per heavy atom. The molecule has 1 aliphatic rings. The molecule has 6 heteroatoms. The van der Waals surface area contributed by atoms with Crippen LogP contribution in [0.2, 0.25) is 0 Å². The van der Waals surface area contributed by atoms with Crippen molar-refractivity contribution in [2.75, 3.05) is 18.5 Å². The third kappa shape index (κ3) is 4.11. The Bertz CT molecular complexity index is 1080. The van der Waals surface area contributed by atoms with E-state index in [0.717, 1.165) is 41.9 Å². The Hall–Kier alpha value is -2.70. The molecule has 1 atom stereocenters. The molecule has 1 fully saturated rings. The predicted octanol–water partition coefficient (Wildman–Crippen LogP) is 5.07. The van der Waals surface area contributed by atoms with Crippen LogP contribution in [0.4, 0.5) is 11.5 Å². The minimum Gasteiger partial charge on any atom is -0.329 e. The highest BCUT2D eigenvalue weighted by atomic mass is 32.2. The molecule has 1 saturated heterocycles. The molecule has 0 unspecified atom stereocenters. The maximum atomic E-state index is 13.3. The standard InChI is InChI=1S/C24H27N3O2S/c1-19-11-14-22(15-12-19)30(28,29)27-17-7-6-10-23(27)20-13-16-24(25-18-20)26(2)21-8-4-3-5-9-21/h3-5,8-9,11-16,18,23H,6-7,10,17H2,1-2H3/t23-/m0/s1. The summed E-state index contributed by atoms with van der Waals surface area (Å²) in [6, 6.07) is 20.9. The van der Waals surface area contributed by atoms with Gasteiger partial charge in [0.1, 0.15) is 5.82 Å². The number of hydrogen-bond acceptors (Lipinski definition) is 4. The predicted molar refractivity (Wildman–Crippen MR) is 120 cm³/mol. The quantitative estimate of drug-likeness (QED) is 0.577. The Morgan fingerprint density at radius 2 is 1.70 bits per heavy atom. The third-order valence-corrected chi connectivity index (χ3v) is 7.65. The molecule has 1 aromatic heterocycles. The maximum Gasteiger partial charge on any atom is 0.243 e. The number of piperidine rings is 1. The molecular formula is C24H27N3O2S. The van der Waals surface area contributed by atoms with Gasteiger partial charge in [-0.05, 0) is 55.7 Å². The molecule has 0 saturated carbocycles. The van der Waals surface area contributed by atoms with Crippen LogP contribution in [0.3, 0.4) is 0 Å². The van der Waals surface area contributed by atoms with Crippen LogP contribution in [0.25, 0.3) is 0 Å². The van der Waals surface area contributed by atoms with Gasteiger partial charge in [-0.2, -0.15) is 4.31 Å². The first kappa shape index (κ1) is 20.6. The fraction of sp³-hybridized carbons (Fsp3) is 0.292. The summed E-state index contributed by atoms with van der Waals surface area (Å²) >= 11 is 0. The number of benzene rings is 2. The van der Waals surface area contributed by atoms with Crippen molar-refractivity contribution >= 4 is 21.5 Å². The zero-order valence-corrected chi connectivity index (χ0v) is 18.2. The second-order valence-corrected chi connectivity index (χ2v) is 9.68. The lowest BCUT2D eigenvalue weighted by atomic mass is 9.99. The van der Waals surface area contributed by atoms with Crippen LogP contribution in [0.5, 0.6) is 0 Å². The van der Waals surface area contributed by atoms with Gasteiger partial charge in [0.25, 0.3) is 0 Å². The van der Waals surface area contributed by atoms with E-state index in [2.05, 4.69) is 4.98 Å². The van der Waals surface area contributed by atoms with Gasteiger partial charge in [0, 0.05) is 25.5 Å². The summed E-state index contributed by atoms with van der Waals surface area (Å²) < 4.78 is 28.3. The first-order valence-electron chi connectivity index (χ1n) is 10.3. The monoisotopic (exact) mass is 421 g/mol. The van der Waals surface area contributed by atoms with Crippen LogP contribution in [0.15, 0.2) is 77.8 Å². The Labute approximate surface area is 179 Å². The summed E-state index contributed by atoms with van der Waals surface area (Å²) in [6.07, 6.45) is 4.52. The molecule has 1 aliphatic heterocycles. The summed E-state index contributed by atoms with van der Waals surface area (Å²) in [4.78, 5) is 7.01. The fourth-order valence-electron chi connectivity index (χ4n) is 3.95. The van der Waals surface area contributed by atoms with Crippen LogP contribution in [0, 0.1) is 6.92 Å². The second kappa shape index (κ2) is 8.58. The van der Waals surface area contributed by atoms with Crippen LogP contribution in [0.1, 0.15) is 36.4 Å². The summed E-state index contributed by atoms with van der Waals surface area (Å²) in [6.45, 7) is 2.49. The van der Waals surface area contributed by atoms with E-state index >= 15 is 0 Å². The molecular weight excluding hydrogens is 394 g/mol. The van der Waals surface area contributed by atoms with Crippen molar-refractivity contribution in [3.05, 3.63) is 84.1 Å². The van der Waals surface area contributed by atoms with Crippen LogP contribution in [-0.4, -0.2) is 31.3 Å². The van der Waals surface area contributed by atoms with Gasteiger partial charge in [-0.25, -0.2) is 13.4 Å². The van der Waals surface area contributed by atoms with E-state index in [1.54, 1.807) is 16.4 Å². The van der Waals surface area contributed by atoms with E-state index in [1.165, 1.54) is 0 Å². The molecule has 30 heavy (non-hydrogen) atoms. The summed E-state index contributed by atoms with van der Waals surface area (Å²) in [5.74, 6) is 0.828. The highest BCUT2D eigenvalue weighted by Gasteiger charge is 2.34. The highest BCUT2D eigenvalue weighted by molar-refractivity contribution is 7.89. The molecule has 2 aromatic carbocycles. The van der Waals surface area contributed by atoms with Crippen LogP contribution in [-0.2, 0) is 10.0 Å². The normalized spacial score (nSPS) is 17.6. The molecule has 4 rings (SSSR count). The largest absolute Gasteiger partial charge is 0.329 e. The molecule has 0 amide bonds. The number of rotatable bonds is 5. The van der Waals surface area contributed by atoms with Gasteiger partial charge in [0.15, 0.2) is 0 Å². The number of para-hydroxylation sites is 1. The number of sulfonamides is 1. The van der Waals surface area contributed by atoms with Crippen LogP contribution < -0.4 is 4.90 Å². The van der Waals surface area contributed by atoms with Gasteiger partial charge in [-0.3, -0.25) is 0 Å². The number of aromatic nitrogens is 1. The SMILES string of the molecule is Cc1ccc(S(=O)(=O)N2CCCC[C@H]2c2ccc(N(C)c3ccccc3)nc2)cc1. The molecule has 0 radical (unpaired) electrons. The van der Waals surface area contributed by atoms with Crippen molar-refractivity contribution in [2.24, 2.45) is 0 Å². The van der Waals surface area contributed by atoms with E-state index in [-0.39, 0.29) is 6.04 Å². The smallest absolute Gasteiger partial charge is 0.243 e. The van der Waals surface area contributed by atoms with E-state index in [1.807, 2.05) is 79.7 Å². The summed E-state index contributed by atoms with van der Waals surface area (Å²) in [5.41, 5.74) is 3.04. The summed E-state index contributed by atoms with van der Waals surface area (Å²) in [7, 11) is -1.57. The lowest BCUT2D eigenvalue weighted by Gasteiger charge is -2.35. The van der Waals surface area contributed by atoms with E-state index < -0.39 is 10.0 Å². The van der Waals surface area contributed by atoms with Crippen molar-refractivity contribution in [2.45, 2.75) is 37.1 Å². The molecule has 2 heterocycles. The Morgan fingerprint density at radius 1 is 0.967 bits per heavy atom. The number of hydrogen-bond donors (Lipinski definition) is 0. The lowest BCUT2D eigenvalue weighted by Crippen LogP contribution is -2.38. The Balaban J connectivity index is 1.61. The third-order valence-electron chi connectivity index (χ3n) is 5.72. The molecule has 0 N–H and O–H groups in total. The minimum absolute atomic E-state index is 0.186. The molecule has 3 aromatic rings. The fourth-order valence-corrected chi connectivity index (χ4v) is 5.63. The van der Waals surface area contributed by atoms with Crippen molar-refractivity contribution in [1.29, 1.82) is 0 Å². The van der Waals surface area contributed by atoms with Crippen molar-refractivity contribution in [1.82, 2.24) is 9.29 Å². The Kier molecular flexibility index (Phi) is 5.88. The zero-order chi connectivity index (χ0) is 21.1. The molecule has 0 spiro atoms. The molecule has 5 nitrogen and oxygen atoms in total. The van der Waals surface area contributed by atoms with Gasteiger partial charge in [0.2, 0.25) is 10.0 Å². The number of anilines is 2. The highest BCUT2D eigenvalue weighted by Crippen LogP contribution is 2.36. The van der Waals surface area contributed by atoms with E-state index in [9.17, 15) is 8.42 Å². The number of aryl methyl sites for hydroxylation is 1. The second-order valence-electron chi connectivity index (χ2n) is 7.78. The van der Waals surface area contributed by atoms with Gasteiger partial charge >= 0.3 is 0 Å². The molecule has 156 valence electrons. The topological polar surface area (TPSA) is 53.5 Å².